The van der Waals surface area contributed by atoms with Crippen molar-refractivity contribution in [2.45, 2.75) is 37.2 Å². The molecule has 9 heteroatoms. The highest BCUT2D eigenvalue weighted by molar-refractivity contribution is 8.01. The number of rotatable bonds is 3. The van der Waals surface area contributed by atoms with Crippen LogP contribution in [0.25, 0.3) is 0 Å². The number of amides is 2. The first-order valence-corrected chi connectivity index (χ1v) is 7.05. The first-order valence-electron chi connectivity index (χ1n) is 6.06. The summed E-state index contributed by atoms with van der Waals surface area (Å²) in [5.74, 6) is 0.971. The first-order chi connectivity index (χ1) is 9.10. The largest absolute Gasteiger partial charge is 0.347 e. The highest BCUT2D eigenvalue weighted by Crippen LogP contribution is 2.47. The summed E-state index contributed by atoms with van der Waals surface area (Å²) in [5.41, 5.74) is 0. The minimum absolute atomic E-state index is 0.0622. The summed E-state index contributed by atoms with van der Waals surface area (Å²) in [6, 6.07) is -0.392. The summed E-state index contributed by atoms with van der Waals surface area (Å²) in [6.07, 6.45) is 1.34. The molecule has 1 aromatic rings. The van der Waals surface area contributed by atoms with Crippen LogP contribution in [0.3, 0.4) is 0 Å². The van der Waals surface area contributed by atoms with Crippen molar-refractivity contribution in [3.05, 3.63) is 5.82 Å². The van der Waals surface area contributed by atoms with Crippen LogP contribution in [-0.4, -0.2) is 54.0 Å². The SMILES string of the molecule is CC12CCC(=O)N1C(C(=O)NCc1nn[nH]n1)CS2. The average molecular weight is 282 g/mol. The molecule has 2 amide bonds. The number of tetrazole rings is 1. The molecule has 2 fully saturated rings. The van der Waals surface area contributed by atoms with Crippen LogP contribution in [0, 0.1) is 0 Å². The normalized spacial score (nSPS) is 29.6. The lowest BCUT2D eigenvalue weighted by Gasteiger charge is -2.29. The second kappa shape index (κ2) is 4.48. The molecule has 2 aliphatic rings. The molecule has 2 aliphatic heterocycles. The number of fused-ring (bicyclic) bond motifs is 1. The number of hydrogen-bond donors (Lipinski definition) is 2. The van der Waals surface area contributed by atoms with Gasteiger partial charge in [-0.05, 0) is 13.3 Å². The van der Waals surface area contributed by atoms with Crippen LogP contribution >= 0.6 is 11.8 Å². The maximum Gasteiger partial charge on any atom is 0.244 e. The van der Waals surface area contributed by atoms with Crippen LogP contribution in [0.15, 0.2) is 0 Å². The standard InChI is InChI=1S/C10H14N6O2S/c1-10-3-2-8(17)16(10)6(5-19-10)9(18)11-4-7-12-14-15-13-7/h6H,2-5H2,1H3,(H,11,18)(H,12,13,14,15). The second-order valence-corrected chi connectivity index (χ2v) is 6.31. The van der Waals surface area contributed by atoms with E-state index in [-0.39, 0.29) is 23.2 Å². The number of nitrogens with one attached hydrogen (secondary N) is 2. The lowest BCUT2D eigenvalue weighted by atomic mass is 10.2. The molecule has 8 nitrogen and oxygen atoms in total. The molecular formula is C10H14N6O2S. The van der Waals surface area contributed by atoms with Crippen molar-refractivity contribution < 1.29 is 9.59 Å². The fourth-order valence-corrected chi connectivity index (χ4v) is 3.99. The van der Waals surface area contributed by atoms with Gasteiger partial charge in [0.2, 0.25) is 11.8 Å². The fraction of sp³-hybridized carbons (Fsp3) is 0.700. The number of H-pyrrole nitrogens is 1. The third-order valence-corrected chi connectivity index (χ3v) is 5.06. The van der Waals surface area contributed by atoms with E-state index in [1.54, 1.807) is 16.7 Å². The van der Waals surface area contributed by atoms with Crippen LogP contribution in [0.1, 0.15) is 25.6 Å². The van der Waals surface area contributed by atoms with Crippen LogP contribution in [-0.2, 0) is 16.1 Å². The van der Waals surface area contributed by atoms with Gasteiger partial charge >= 0.3 is 0 Å². The highest BCUT2D eigenvalue weighted by Gasteiger charge is 2.52. The lowest BCUT2D eigenvalue weighted by molar-refractivity contribution is -0.138. The van der Waals surface area contributed by atoms with Gasteiger partial charge in [0.1, 0.15) is 6.04 Å². The molecule has 2 N–H and O–H groups in total. The molecular weight excluding hydrogens is 268 g/mol. The van der Waals surface area contributed by atoms with Gasteiger partial charge in [-0.3, -0.25) is 9.59 Å². The molecule has 2 atom stereocenters. The highest BCUT2D eigenvalue weighted by atomic mass is 32.2. The van der Waals surface area contributed by atoms with Crippen LogP contribution < -0.4 is 5.32 Å². The third-order valence-electron chi connectivity index (χ3n) is 3.56. The van der Waals surface area contributed by atoms with Crippen LogP contribution in [0.5, 0.6) is 0 Å². The zero-order chi connectivity index (χ0) is 13.5. The summed E-state index contributed by atoms with van der Waals surface area (Å²) >= 11 is 1.67. The predicted molar refractivity (Wildman–Crippen MR) is 66.8 cm³/mol. The molecule has 1 aromatic heterocycles. The first kappa shape index (κ1) is 12.4. The Morgan fingerprint density at radius 2 is 2.53 bits per heavy atom. The van der Waals surface area contributed by atoms with E-state index in [0.717, 1.165) is 6.42 Å². The van der Waals surface area contributed by atoms with Crippen molar-refractivity contribution in [1.82, 2.24) is 30.8 Å². The second-order valence-electron chi connectivity index (χ2n) is 4.81. The van der Waals surface area contributed by atoms with Gasteiger partial charge < -0.3 is 10.2 Å². The van der Waals surface area contributed by atoms with Crippen LogP contribution in [0.2, 0.25) is 0 Å². The van der Waals surface area contributed by atoms with Crippen LogP contribution in [0.4, 0.5) is 0 Å². The quantitative estimate of drug-likeness (QED) is 0.757. The van der Waals surface area contributed by atoms with Gasteiger partial charge in [-0.1, -0.05) is 5.21 Å². The number of aromatic nitrogens is 4. The van der Waals surface area contributed by atoms with E-state index in [1.807, 2.05) is 6.92 Å². The van der Waals surface area contributed by atoms with Gasteiger partial charge in [-0.25, -0.2) is 0 Å². The van der Waals surface area contributed by atoms with E-state index in [4.69, 9.17) is 0 Å². The van der Waals surface area contributed by atoms with E-state index in [9.17, 15) is 9.59 Å². The topological polar surface area (TPSA) is 104 Å². The maximum atomic E-state index is 12.2. The van der Waals surface area contributed by atoms with Gasteiger partial charge in [0.25, 0.3) is 0 Å². The molecule has 2 unspecified atom stereocenters. The Labute approximate surface area is 113 Å². The van der Waals surface area contributed by atoms with Crippen molar-refractivity contribution in [2.75, 3.05) is 5.75 Å². The molecule has 0 radical (unpaired) electrons. The molecule has 0 saturated carbocycles. The predicted octanol–water partition coefficient (Wildman–Crippen LogP) is -0.730. The Morgan fingerprint density at radius 3 is 3.26 bits per heavy atom. The summed E-state index contributed by atoms with van der Waals surface area (Å²) in [4.78, 5) is 25.6. The molecule has 19 heavy (non-hydrogen) atoms. The molecule has 0 spiro atoms. The zero-order valence-corrected chi connectivity index (χ0v) is 11.2. The number of hydrogen-bond acceptors (Lipinski definition) is 6. The molecule has 3 heterocycles. The number of nitrogens with zero attached hydrogens (tertiary/aromatic N) is 4. The Balaban J connectivity index is 1.66. The summed E-state index contributed by atoms with van der Waals surface area (Å²) in [6.45, 7) is 2.24. The van der Waals surface area contributed by atoms with E-state index in [2.05, 4.69) is 25.9 Å². The Bertz CT molecular complexity index is 506. The summed E-state index contributed by atoms with van der Waals surface area (Å²) in [7, 11) is 0. The molecule has 0 bridgehead atoms. The average Bonchev–Trinajstić information content (AvgIpc) is 3.06. The van der Waals surface area contributed by atoms with Gasteiger partial charge in [-0.2, -0.15) is 5.21 Å². The zero-order valence-electron chi connectivity index (χ0n) is 10.4. The number of carbonyl (C=O) groups is 2. The number of thioether (sulfide) groups is 1. The molecule has 0 aromatic carbocycles. The molecule has 0 aliphatic carbocycles. The van der Waals surface area contributed by atoms with Gasteiger partial charge in [0, 0.05) is 12.2 Å². The smallest absolute Gasteiger partial charge is 0.244 e. The third kappa shape index (κ3) is 2.07. The number of carbonyl (C=O) groups excluding carboxylic acids is 2. The van der Waals surface area contributed by atoms with Gasteiger partial charge in [-0.15, -0.1) is 22.0 Å². The maximum absolute atomic E-state index is 12.2. The summed E-state index contributed by atoms with van der Waals surface area (Å²) < 4.78 is 0. The lowest BCUT2D eigenvalue weighted by Crippen LogP contribution is -2.49. The molecule has 102 valence electrons. The summed E-state index contributed by atoms with van der Waals surface area (Å²) in [5, 5.41) is 16.0. The Hall–Kier alpha value is -1.64. The fourth-order valence-electron chi connectivity index (χ4n) is 2.56. The van der Waals surface area contributed by atoms with Crippen molar-refractivity contribution in [3.8, 4) is 0 Å². The number of aromatic amines is 1. The Morgan fingerprint density at radius 1 is 1.68 bits per heavy atom. The molecule has 3 rings (SSSR count). The van der Waals surface area contributed by atoms with E-state index in [0.29, 0.717) is 18.0 Å². The van der Waals surface area contributed by atoms with Crippen molar-refractivity contribution in [1.29, 1.82) is 0 Å². The minimum atomic E-state index is -0.392. The van der Waals surface area contributed by atoms with E-state index < -0.39 is 6.04 Å². The molecule has 2 saturated heterocycles. The minimum Gasteiger partial charge on any atom is -0.347 e. The van der Waals surface area contributed by atoms with Gasteiger partial charge in [0.05, 0.1) is 11.4 Å². The van der Waals surface area contributed by atoms with Crippen molar-refractivity contribution in [2.24, 2.45) is 0 Å². The Kier molecular flexibility index (Phi) is 2.92. The monoisotopic (exact) mass is 282 g/mol. The van der Waals surface area contributed by atoms with E-state index >= 15 is 0 Å². The van der Waals surface area contributed by atoms with Gasteiger partial charge in [0.15, 0.2) is 5.82 Å². The van der Waals surface area contributed by atoms with Crippen molar-refractivity contribution in [3.63, 3.8) is 0 Å². The van der Waals surface area contributed by atoms with E-state index in [1.165, 1.54) is 0 Å². The van der Waals surface area contributed by atoms with Crippen molar-refractivity contribution >= 4 is 23.6 Å².